The molecule has 6 heteroatoms. The molecular weight excluding hydrogens is 266 g/mol. The molecule has 0 amide bonds. The van der Waals surface area contributed by atoms with Gasteiger partial charge in [0.05, 0.1) is 18.8 Å². The van der Waals surface area contributed by atoms with E-state index in [9.17, 15) is 0 Å². The molecule has 0 radical (unpaired) electrons. The Balaban J connectivity index is 2.56. The topological polar surface area (TPSA) is 76.3 Å². The lowest BCUT2D eigenvalue weighted by atomic mass is 9.95. The first-order valence-corrected chi connectivity index (χ1v) is 7.38. The van der Waals surface area contributed by atoms with Crippen molar-refractivity contribution >= 4 is 11.6 Å². The van der Waals surface area contributed by atoms with Gasteiger partial charge in [0.2, 0.25) is 0 Å². The highest BCUT2D eigenvalue weighted by Gasteiger charge is 2.34. The number of hydrogen-bond donors (Lipinski definition) is 2. The van der Waals surface area contributed by atoms with Crippen molar-refractivity contribution in [3.05, 3.63) is 11.4 Å². The monoisotopic (exact) mass is 293 g/mol. The van der Waals surface area contributed by atoms with Crippen molar-refractivity contribution in [2.24, 2.45) is 5.84 Å². The Labute approximate surface area is 127 Å². The summed E-state index contributed by atoms with van der Waals surface area (Å²) in [5.41, 5.74) is 3.44. The van der Waals surface area contributed by atoms with Crippen LogP contribution in [0.5, 0.6) is 0 Å². The molecular formula is C15H27N5O. The summed E-state index contributed by atoms with van der Waals surface area (Å²) >= 11 is 0. The van der Waals surface area contributed by atoms with Crippen molar-refractivity contribution in [2.45, 2.75) is 52.5 Å². The lowest BCUT2D eigenvalue weighted by molar-refractivity contribution is 0.0638. The second-order valence-corrected chi connectivity index (χ2v) is 7.26. The number of nitrogens with zero attached hydrogens (tertiary/aromatic N) is 3. The van der Waals surface area contributed by atoms with Gasteiger partial charge < -0.3 is 15.1 Å². The molecule has 0 atom stereocenters. The molecule has 0 aromatic carbocycles. The first-order valence-electron chi connectivity index (χ1n) is 7.38. The molecule has 0 unspecified atom stereocenters. The zero-order chi connectivity index (χ0) is 15.8. The Bertz CT molecular complexity index is 522. The quantitative estimate of drug-likeness (QED) is 0.641. The summed E-state index contributed by atoms with van der Waals surface area (Å²) in [4.78, 5) is 11.7. The van der Waals surface area contributed by atoms with Crippen LogP contribution in [-0.4, -0.2) is 35.3 Å². The maximum absolute atomic E-state index is 5.65. The lowest BCUT2D eigenvalue weighted by Crippen LogP contribution is -2.54. The highest BCUT2D eigenvalue weighted by molar-refractivity contribution is 5.60. The van der Waals surface area contributed by atoms with Gasteiger partial charge in [-0.15, -0.1) is 0 Å². The van der Waals surface area contributed by atoms with Crippen LogP contribution in [0, 0.1) is 6.92 Å². The number of nitrogen functional groups attached to an aromatic ring is 1. The Morgan fingerprint density at radius 3 is 2.48 bits per heavy atom. The second kappa shape index (κ2) is 5.42. The fourth-order valence-corrected chi connectivity index (χ4v) is 2.49. The number of nitrogens with one attached hydrogen (secondary N) is 1. The smallest absolute Gasteiger partial charge is 0.148 e. The van der Waals surface area contributed by atoms with E-state index in [0.717, 1.165) is 23.8 Å². The number of hydrazine groups is 1. The van der Waals surface area contributed by atoms with Crippen LogP contribution in [0.2, 0.25) is 0 Å². The Morgan fingerprint density at radius 2 is 1.95 bits per heavy atom. The van der Waals surface area contributed by atoms with Crippen molar-refractivity contribution in [3.63, 3.8) is 0 Å². The van der Waals surface area contributed by atoms with E-state index < -0.39 is 0 Å². The van der Waals surface area contributed by atoms with E-state index in [1.54, 1.807) is 0 Å². The molecule has 1 aliphatic heterocycles. The Morgan fingerprint density at radius 1 is 1.29 bits per heavy atom. The van der Waals surface area contributed by atoms with Crippen molar-refractivity contribution in [1.29, 1.82) is 0 Å². The zero-order valence-electron chi connectivity index (χ0n) is 13.9. The van der Waals surface area contributed by atoms with Crippen LogP contribution < -0.4 is 16.2 Å². The van der Waals surface area contributed by atoms with Crippen LogP contribution in [0.15, 0.2) is 0 Å². The van der Waals surface area contributed by atoms with Crippen LogP contribution in [0.3, 0.4) is 0 Å². The molecule has 1 aromatic heterocycles. The summed E-state index contributed by atoms with van der Waals surface area (Å²) in [6, 6.07) is 0. The third-order valence-electron chi connectivity index (χ3n) is 3.83. The number of hydrogen-bond acceptors (Lipinski definition) is 6. The molecule has 1 aromatic rings. The molecule has 6 nitrogen and oxygen atoms in total. The number of ether oxygens (including phenoxy) is 1. The van der Waals surface area contributed by atoms with Gasteiger partial charge in [0.1, 0.15) is 17.5 Å². The van der Waals surface area contributed by atoms with Crippen molar-refractivity contribution in [1.82, 2.24) is 9.97 Å². The summed E-state index contributed by atoms with van der Waals surface area (Å²) < 4.78 is 5.61. The van der Waals surface area contributed by atoms with Gasteiger partial charge in [0.15, 0.2) is 0 Å². The van der Waals surface area contributed by atoms with Crippen LogP contribution >= 0.6 is 0 Å². The van der Waals surface area contributed by atoms with Gasteiger partial charge in [-0.05, 0) is 20.8 Å². The molecule has 1 aliphatic rings. The summed E-state index contributed by atoms with van der Waals surface area (Å²) in [6.45, 7) is 14.9. The van der Waals surface area contributed by atoms with Crippen LogP contribution in [0.4, 0.5) is 11.6 Å². The van der Waals surface area contributed by atoms with Gasteiger partial charge in [0.25, 0.3) is 0 Å². The molecule has 3 N–H and O–H groups in total. The first-order chi connectivity index (χ1) is 9.66. The van der Waals surface area contributed by atoms with Gasteiger partial charge in [-0.25, -0.2) is 15.8 Å². The van der Waals surface area contributed by atoms with E-state index in [-0.39, 0.29) is 11.0 Å². The largest absolute Gasteiger partial charge is 0.377 e. The van der Waals surface area contributed by atoms with Gasteiger partial charge in [-0.1, -0.05) is 20.8 Å². The number of nitrogens with two attached hydrogens (primary N) is 1. The van der Waals surface area contributed by atoms with Crippen molar-refractivity contribution < 1.29 is 4.74 Å². The zero-order valence-corrected chi connectivity index (χ0v) is 13.9. The molecule has 1 fully saturated rings. The second-order valence-electron chi connectivity index (χ2n) is 7.26. The SMILES string of the molecule is Cc1c(NN)nc(C(C)(C)C)nc1N1CCOCC1(C)C. The van der Waals surface area contributed by atoms with Crippen LogP contribution in [0.25, 0.3) is 0 Å². The highest BCUT2D eigenvalue weighted by Crippen LogP contribution is 2.32. The summed E-state index contributed by atoms with van der Waals surface area (Å²) in [6.07, 6.45) is 0. The Kier molecular flexibility index (Phi) is 4.13. The van der Waals surface area contributed by atoms with Crippen LogP contribution in [0.1, 0.15) is 46.0 Å². The minimum Gasteiger partial charge on any atom is -0.377 e. The summed E-state index contributed by atoms with van der Waals surface area (Å²) in [7, 11) is 0. The number of rotatable bonds is 2. The maximum Gasteiger partial charge on any atom is 0.148 e. The molecule has 21 heavy (non-hydrogen) atoms. The van der Waals surface area contributed by atoms with Crippen molar-refractivity contribution in [2.75, 3.05) is 30.1 Å². The maximum atomic E-state index is 5.65. The molecule has 1 saturated heterocycles. The van der Waals surface area contributed by atoms with Gasteiger partial charge in [-0.3, -0.25) is 0 Å². The van der Waals surface area contributed by atoms with Crippen LogP contribution in [-0.2, 0) is 10.2 Å². The van der Waals surface area contributed by atoms with E-state index in [0.29, 0.717) is 19.0 Å². The van der Waals surface area contributed by atoms with Gasteiger partial charge >= 0.3 is 0 Å². The Hall–Kier alpha value is -1.40. The van der Waals surface area contributed by atoms with Gasteiger partial charge in [0, 0.05) is 17.5 Å². The summed E-state index contributed by atoms with van der Waals surface area (Å²) in [5, 5.41) is 0. The third kappa shape index (κ3) is 3.11. The predicted octanol–water partition coefficient (Wildman–Crippen LogP) is 1.98. The van der Waals surface area contributed by atoms with E-state index >= 15 is 0 Å². The molecule has 118 valence electrons. The minimum atomic E-state index is -0.134. The third-order valence-corrected chi connectivity index (χ3v) is 3.83. The van der Waals surface area contributed by atoms with Gasteiger partial charge in [-0.2, -0.15) is 0 Å². The average Bonchev–Trinajstić information content (AvgIpc) is 2.38. The van der Waals surface area contributed by atoms with E-state index in [1.165, 1.54) is 0 Å². The molecule has 0 aliphatic carbocycles. The molecule has 2 rings (SSSR count). The van der Waals surface area contributed by atoms with Crippen molar-refractivity contribution in [3.8, 4) is 0 Å². The van der Waals surface area contributed by atoms with E-state index in [2.05, 4.69) is 49.9 Å². The fourth-order valence-electron chi connectivity index (χ4n) is 2.49. The summed E-state index contributed by atoms with van der Waals surface area (Å²) in [5.74, 6) is 8.06. The molecule has 2 heterocycles. The van der Waals surface area contributed by atoms with E-state index in [1.807, 2.05) is 6.92 Å². The average molecular weight is 293 g/mol. The molecule has 0 spiro atoms. The number of morpholine rings is 1. The lowest BCUT2D eigenvalue weighted by Gasteiger charge is -2.44. The highest BCUT2D eigenvalue weighted by atomic mass is 16.5. The molecule has 0 saturated carbocycles. The predicted molar refractivity (Wildman–Crippen MR) is 85.5 cm³/mol. The van der Waals surface area contributed by atoms with E-state index in [4.69, 9.17) is 15.6 Å². The standard InChI is InChI=1S/C15H27N5O/c1-10-11(19-16)17-13(14(2,3)4)18-12(10)20-7-8-21-9-15(20,5)6/h7-9,16H2,1-6H3,(H,17,18,19). The number of aromatic nitrogens is 2. The normalized spacial score (nSPS) is 18.7. The fraction of sp³-hybridized carbons (Fsp3) is 0.733. The number of anilines is 2. The minimum absolute atomic E-state index is 0.0988. The first kappa shape index (κ1) is 16.0. The molecule has 0 bridgehead atoms.